The Morgan fingerprint density at radius 3 is 1.55 bits per heavy atom. The van der Waals surface area contributed by atoms with Gasteiger partial charge < -0.3 is 9.32 Å². The minimum Gasteiger partial charge on any atom is -0.455 e. The number of hydrogen-bond acceptors (Lipinski definition) is 2. The number of anilines is 3. The third-order valence-electron chi connectivity index (χ3n) is 12.3. The maximum absolute atomic E-state index is 6.70. The summed E-state index contributed by atoms with van der Waals surface area (Å²) in [5.41, 5.74) is 12.2. The average molecular weight is 764 g/mol. The molecule has 0 aliphatic heterocycles. The van der Waals surface area contributed by atoms with Gasteiger partial charge in [-0.2, -0.15) is 0 Å². The zero-order valence-corrected chi connectivity index (χ0v) is 32.7. The Labute approximate surface area is 347 Å². The lowest BCUT2D eigenvalue weighted by Gasteiger charge is -2.27. The summed E-state index contributed by atoms with van der Waals surface area (Å²) in [6.07, 6.45) is 0. The van der Waals surface area contributed by atoms with Crippen molar-refractivity contribution in [1.82, 2.24) is 0 Å². The molecule has 0 aliphatic rings. The van der Waals surface area contributed by atoms with Crippen LogP contribution in [0.15, 0.2) is 229 Å². The van der Waals surface area contributed by atoms with Gasteiger partial charge in [-0.15, -0.1) is 0 Å². The van der Waals surface area contributed by atoms with Gasteiger partial charge in [0.1, 0.15) is 11.2 Å². The van der Waals surface area contributed by atoms with Crippen LogP contribution >= 0.6 is 0 Å². The number of furan rings is 1. The molecular formula is C58H37NO. The monoisotopic (exact) mass is 763 g/mol. The highest BCUT2D eigenvalue weighted by atomic mass is 16.3. The van der Waals surface area contributed by atoms with Gasteiger partial charge in [-0.1, -0.05) is 176 Å². The van der Waals surface area contributed by atoms with E-state index >= 15 is 0 Å². The first-order valence-corrected chi connectivity index (χ1v) is 20.6. The third-order valence-corrected chi connectivity index (χ3v) is 12.3. The number of hydrogen-bond donors (Lipinski definition) is 0. The molecular weight excluding hydrogens is 727 g/mol. The van der Waals surface area contributed by atoms with Crippen molar-refractivity contribution in [3.63, 3.8) is 0 Å². The van der Waals surface area contributed by atoms with Crippen molar-refractivity contribution in [1.29, 1.82) is 0 Å². The van der Waals surface area contributed by atoms with E-state index in [0.717, 1.165) is 44.4 Å². The predicted molar refractivity (Wildman–Crippen MR) is 255 cm³/mol. The maximum atomic E-state index is 6.70. The van der Waals surface area contributed by atoms with Crippen LogP contribution in [0.1, 0.15) is 0 Å². The van der Waals surface area contributed by atoms with E-state index in [1.54, 1.807) is 0 Å². The van der Waals surface area contributed by atoms with Crippen LogP contribution in [0.3, 0.4) is 0 Å². The van der Waals surface area contributed by atoms with Crippen molar-refractivity contribution in [2.24, 2.45) is 0 Å². The van der Waals surface area contributed by atoms with E-state index in [4.69, 9.17) is 4.42 Å². The van der Waals surface area contributed by atoms with Crippen LogP contribution in [-0.2, 0) is 0 Å². The van der Waals surface area contributed by atoms with Crippen LogP contribution < -0.4 is 4.90 Å². The quantitative estimate of drug-likeness (QED) is 0.157. The summed E-state index contributed by atoms with van der Waals surface area (Å²) >= 11 is 0. The van der Waals surface area contributed by atoms with Crippen LogP contribution in [-0.4, -0.2) is 0 Å². The lowest BCUT2D eigenvalue weighted by atomic mass is 9.93. The molecule has 1 heterocycles. The molecule has 2 heteroatoms. The van der Waals surface area contributed by atoms with Gasteiger partial charge >= 0.3 is 0 Å². The molecule has 0 unspecified atom stereocenters. The number of fused-ring (bicyclic) bond motifs is 9. The fourth-order valence-electron chi connectivity index (χ4n) is 9.35. The predicted octanol–water partition coefficient (Wildman–Crippen LogP) is 16.7. The van der Waals surface area contributed by atoms with E-state index < -0.39 is 0 Å². The van der Waals surface area contributed by atoms with Crippen molar-refractivity contribution in [2.75, 3.05) is 4.90 Å². The molecule has 1 aromatic heterocycles. The largest absolute Gasteiger partial charge is 0.455 e. The van der Waals surface area contributed by atoms with E-state index in [1.807, 2.05) is 0 Å². The molecule has 0 N–H and O–H groups in total. The Kier molecular flexibility index (Phi) is 7.89. The summed E-state index contributed by atoms with van der Waals surface area (Å²) in [6.45, 7) is 0. The molecule has 0 atom stereocenters. The third kappa shape index (κ3) is 5.57. The molecule has 0 bridgehead atoms. The molecule has 0 saturated heterocycles. The van der Waals surface area contributed by atoms with Crippen LogP contribution in [0, 0.1) is 0 Å². The normalized spacial score (nSPS) is 11.7. The van der Waals surface area contributed by atoms with E-state index in [9.17, 15) is 0 Å². The number of rotatable bonds is 6. The summed E-state index contributed by atoms with van der Waals surface area (Å²) in [5, 5.41) is 12.0. The van der Waals surface area contributed by atoms with Gasteiger partial charge in [-0.3, -0.25) is 0 Å². The van der Waals surface area contributed by atoms with Gasteiger partial charge in [-0.05, 0) is 120 Å². The zero-order valence-electron chi connectivity index (χ0n) is 32.7. The molecule has 60 heavy (non-hydrogen) atoms. The van der Waals surface area contributed by atoms with Gasteiger partial charge in [0.25, 0.3) is 0 Å². The van der Waals surface area contributed by atoms with E-state index in [2.05, 4.69) is 229 Å². The first-order chi connectivity index (χ1) is 29.7. The Bertz CT molecular complexity index is 3570. The minimum absolute atomic E-state index is 0.867. The molecule has 12 rings (SSSR count). The lowest BCUT2D eigenvalue weighted by molar-refractivity contribution is 0.672. The molecule has 280 valence electrons. The molecule has 0 radical (unpaired) electrons. The molecule has 0 fully saturated rings. The average Bonchev–Trinajstić information content (AvgIpc) is 3.72. The standard InChI is InChI=1S/C58H37NO/c1-4-15-47-40(11-1)14-9-20-48(47)42-25-23-38(24-26-42)39-27-32-45(33-28-39)59(55-21-10-22-56-57(55)53-36-31-41-12-2-6-17-50(41)58(53)60-56)46-34-29-43(30-35-46)54-37-44-13-3-5-16-49(44)51-18-7-8-19-52(51)54/h1-37H. The fraction of sp³-hybridized carbons (Fsp3) is 0. The topological polar surface area (TPSA) is 16.4 Å². The molecule has 2 nitrogen and oxygen atoms in total. The van der Waals surface area contributed by atoms with Gasteiger partial charge in [0.2, 0.25) is 0 Å². The van der Waals surface area contributed by atoms with E-state index in [-0.39, 0.29) is 0 Å². The summed E-state index contributed by atoms with van der Waals surface area (Å²) in [4.78, 5) is 2.38. The van der Waals surface area contributed by atoms with Gasteiger partial charge in [0.05, 0.1) is 11.1 Å². The van der Waals surface area contributed by atoms with E-state index in [0.29, 0.717) is 0 Å². The van der Waals surface area contributed by atoms with Crippen molar-refractivity contribution < 1.29 is 4.42 Å². The highest BCUT2D eigenvalue weighted by Crippen LogP contribution is 2.45. The van der Waals surface area contributed by atoms with Crippen molar-refractivity contribution in [2.45, 2.75) is 0 Å². The minimum atomic E-state index is 0.867. The first kappa shape index (κ1) is 34.1. The molecule has 12 aromatic rings. The first-order valence-electron chi connectivity index (χ1n) is 20.6. The Morgan fingerprint density at radius 2 is 0.817 bits per heavy atom. The SMILES string of the molecule is c1ccc2c(-c3ccc(-c4ccc(N(c5ccc(-c6cc7ccccc7c7ccccc67)cc5)c5cccc6oc7c8ccccc8ccc7c56)cc4)cc3)cccc2c1. The smallest absolute Gasteiger partial charge is 0.143 e. The molecule has 0 saturated carbocycles. The van der Waals surface area contributed by atoms with Crippen LogP contribution in [0.4, 0.5) is 17.1 Å². The summed E-state index contributed by atoms with van der Waals surface area (Å²) in [5.74, 6) is 0. The fourth-order valence-corrected chi connectivity index (χ4v) is 9.35. The second-order valence-electron chi connectivity index (χ2n) is 15.6. The summed E-state index contributed by atoms with van der Waals surface area (Å²) in [6, 6.07) is 81.2. The molecule has 0 spiro atoms. The van der Waals surface area contributed by atoms with Crippen LogP contribution in [0.2, 0.25) is 0 Å². The second kappa shape index (κ2) is 13.9. The van der Waals surface area contributed by atoms with Crippen molar-refractivity contribution in [3.05, 3.63) is 224 Å². The number of nitrogens with zero attached hydrogens (tertiary/aromatic N) is 1. The van der Waals surface area contributed by atoms with E-state index in [1.165, 1.54) is 71.1 Å². The number of benzene rings is 11. The summed E-state index contributed by atoms with van der Waals surface area (Å²) < 4.78 is 6.70. The molecule has 0 aliphatic carbocycles. The molecule has 0 amide bonds. The Hall–Kier alpha value is -7.94. The van der Waals surface area contributed by atoms with Crippen LogP contribution in [0.25, 0.3) is 98.4 Å². The lowest BCUT2D eigenvalue weighted by Crippen LogP contribution is -2.10. The summed E-state index contributed by atoms with van der Waals surface area (Å²) in [7, 11) is 0. The highest BCUT2D eigenvalue weighted by Gasteiger charge is 2.21. The van der Waals surface area contributed by atoms with Crippen molar-refractivity contribution in [3.8, 4) is 33.4 Å². The second-order valence-corrected chi connectivity index (χ2v) is 15.6. The van der Waals surface area contributed by atoms with Gasteiger partial charge in [-0.25, -0.2) is 0 Å². The van der Waals surface area contributed by atoms with Crippen LogP contribution in [0.5, 0.6) is 0 Å². The van der Waals surface area contributed by atoms with Gasteiger partial charge in [0.15, 0.2) is 0 Å². The Balaban J connectivity index is 0.982. The highest BCUT2D eigenvalue weighted by molar-refractivity contribution is 6.20. The Morgan fingerprint density at radius 1 is 0.300 bits per heavy atom. The maximum Gasteiger partial charge on any atom is 0.143 e. The van der Waals surface area contributed by atoms with Gasteiger partial charge in [0, 0.05) is 22.1 Å². The molecule has 11 aromatic carbocycles. The van der Waals surface area contributed by atoms with Crippen molar-refractivity contribution >= 4 is 82.1 Å². The zero-order chi connectivity index (χ0) is 39.6.